The molecule has 4 heterocycles. The van der Waals surface area contributed by atoms with Gasteiger partial charge in [-0.1, -0.05) is 120 Å². The van der Waals surface area contributed by atoms with Crippen LogP contribution in [0.1, 0.15) is 92.6 Å². The summed E-state index contributed by atoms with van der Waals surface area (Å²) in [7, 11) is 0.186. The molecule has 20 nitrogen and oxygen atoms in total. The first-order valence-electron chi connectivity index (χ1n) is 29.5. The number of methoxy groups -OCH3 is 2. The average Bonchev–Trinajstić information content (AvgIpc) is 1.15. The zero-order chi connectivity index (χ0) is 62.3. The molecule has 0 spiro atoms. The highest BCUT2D eigenvalue weighted by atomic mass is 32.2. The highest BCUT2D eigenvalue weighted by Crippen LogP contribution is 2.45. The highest BCUT2D eigenvalue weighted by molar-refractivity contribution is 7.99. The van der Waals surface area contributed by atoms with Crippen molar-refractivity contribution in [2.75, 3.05) is 51.5 Å². The van der Waals surface area contributed by atoms with E-state index in [1.165, 1.54) is 59.3 Å². The van der Waals surface area contributed by atoms with Crippen LogP contribution in [0.25, 0.3) is 0 Å². The lowest BCUT2D eigenvalue weighted by Crippen LogP contribution is -2.67. The van der Waals surface area contributed by atoms with Crippen LogP contribution < -0.4 is 32.1 Å². The Morgan fingerprint density at radius 3 is 2.31 bits per heavy atom. The molecule has 4 aromatic rings. The van der Waals surface area contributed by atoms with E-state index in [4.69, 9.17) is 29.4 Å². The molecule has 3 aliphatic rings. The number of ether oxygens (including phenoxy) is 3. The molecule has 3 amide bonds. The van der Waals surface area contributed by atoms with Gasteiger partial charge in [-0.3, -0.25) is 19.1 Å². The Balaban J connectivity index is 0.926. The van der Waals surface area contributed by atoms with Crippen LogP contribution in [0.15, 0.2) is 123 Å². The smallest absolute Gasteiger partial charge is 0.405 e. The van der Waals surface area contributed by atoms with E-state index >= 15 is 0 Å². The van der Waals surface area contributed by atoms with Gasteiger partial charge in [-0.2, -0.15) is 0 Å². The molecule has 2 bridgehead atoms. The maximum atomic E-state index is 13.4. The first-order valence-corrected chi connectivity index (χ1v) is 32.4. The van der Waals surface area contributed by atoms with E-state index < -0.39 is 50.7 Å². The van der Waals surface area contributed by atoms with E-state index in [9.17, 15) is 39.9 Å². The lowest BCUT2D eigenvalue weighted by molar-refractivity contribution is -0.121. The number of aliphatic hydroxyl groups excluding tert-OH is 1. The first kappa shape index (κ1) is 66.4. The van der Waals surface area contributed by atoms with Gasteiger partial charge >= 0.3 is 6.09 Å². The number of nitrogens with two attached hydrogens (primary N) is 1. The molecule has 0 saturated carbocycles. The lowest BCUT2D eigenvalue weighted by Gasteiger charge is -2.44. The van der Waals surface area contributed by atoms with E-state index in [1.54, 1.807) is 45.1 Å². The van der Waals surface area contributed by atoms with Crippen LogP contribution in [0.4, 0.5) is 16.2 Å². The van der Waals surface area contributed by atoms with Crippen LogP contribution >= 0.6 is 11.8 Å². The highest BCUT2D eigenvalue weighted by Gasteiger charge is 2.50. The summed E-state index contributed by atoms with van der Waals surface area (Å²) >= 11 is 1.45. The zero-order valence-electron chi connectivity index (χ0n) is 51.0. The second kappa shape index (κ2) is 30.5. The molecule has 10 N–H and O–H groups in total. The molecule has 22 heteroatoms. The van der Waals surface area contributed by atoms with Gasteiger partial charge in [0, 0.05) is 100 Å². The average molecular weight is 1220 g/mol. The van der Waals surface area contributed by atoms with Crippen molar-refractivity contribution in [3.8, 4) is 23.3 Å². The molecule has 3 aliphatic heterocycles. The van der Waals surface area contributed by atoms with Crippen LogP contribution in [0, 0.1) is 11.8 Å². The predicted molar refractivity (Wildman–Crippen MR) is 340 cm³/mol. The van der Waals surface area contributed by atoms with Crippen molar-refractivity contribution < 1.29 is 58.6 Å². The van der Waals surface area contributed by atoms with Gasteiger partial charge in [-0.25, -0.2) is 9.79 Å². The standard InChI is InChI=1S/C64H88N8O12SSi/c1-40-33-48-56(50(73)36-49(58(48)77)70-60(78)41(2)19-16-24-51(81-8)59(84-62(65)80)43(4)35-42(3)57(76)52(34-40)82-9)67-29-18-28-66-54(74)25-17-30-72-55(75)37-53(61(72)79)85-39-45-27-32-71-31-26-44(68-63(71)69-45)38-83-86(64(5,6)7,46-20-12-10-13-21-46)47-22-14-11-15-23-47/h10-16,19-24,29,35-37,40,42,44-45,51-52,57,59,73,75-77,79H,17-18,25-28,30-34,38-39H2,1-9H3,(H2,65,80)(H,66,74)(H,68,69)(H,70,78)/t40-,42+,44-,45-,51+,52+,57-,59+/m1/s1. The fraction of sp³-hybridized carbons (Fsp3) is 0.484. The molecule has 8 atom stereocenters. The summed E-state index contributed by atoms with van der Waals surface area (Å²) in [6.07, 6.45) is 6.34. The molecule has 1 aromatic heterocycles. The number of allylic oxidation sites excluding steroid dienone is 2. The van der Waals surface area contributed by atoms with Crippen molar-refractivity contribution in [3.63, 3.8) is 0 Å². The van der Waals surface area contributed by atoms with Crippen molar-refractivity contribution in [2.45, 2.75) is 146 Å². The van der Waals surface area contributed by atoms with Crippen molar-refractivity contribution in [3.05, 3.63) is 114 Å². The summed E-state index contributed by atoms with van der Waals surface area (Å²) in [5, 5.41) is 68.4. The lowest BCUT2D eigenvalue weighted by atomic mass is 9.87. The normalized spacial score (nSPS) is 22.7. The Labute approximate surface area is 510 Å². The number of fused-ring (bicyclic) bond motifs is 3. The van der Waals surface area contributed by atoms with E-state index in [-0.39, 0.29) is 107 Å². The van der Waals surface area contributed by atoms with Gasteiger partial charge in [0.05, 0.1) is 35.4 Å². The minimum absolute atomic E-state index is 0.0149. The number of amides is 3. The number of nitrogens with zero attached hydrogens (tertiary/aromatic N) is 4. The summed E-state index contributed by atoms with van der Waals surface area (Å²) in [6, 6.07) is 24.1. The number of aliphatic hydroxyl groups is 1. The maximum Gasteiger partial charge on any atom is 0.405 e. The van der Waals surface area contributed by atoms with E-state index in [0.29, 0.717) is 35.7 Å². The number of benzene rings is 3. The Bertz CT molecular complexity index is 3070. The number of aromatic nitrogens is 1. The second-order valence-corrected chi connectivity index (χ2v) is 29.0. The van der Waals surface area contributed by atoms with E-state index in [2.05, 4.69) is 95.1 Å². The van der Waals surface area contributed by atoms with Crippen molar-refractivity contribution in [1.82, 2.24) is 20.1 Å². The predicted octanol–water partition coefficient (Wildman–Crippen LogP) is 7.92. The Morgan fingerprint density at radius 1 is 0.977 bits per heavy atom. The third-order valence-corrected chi connectivity index (χ3v) is 22.4. The number of carbonyl (C=O) groups is 3. The van der Waals surface area contributed by atoms with Gasteiger partial charge in [0.25, 0.3) is 14.2 Å². The van der Waals surface area contributed by atoms with E-state index in [1.807, 2.05) is 19.1 Å². The zero-order valence-corrected chi connectivity index (χ0v) is 52.8. The summed E-state index contributed by atoms with van der Waals surface area (Å²) in [6.45, 7) is 16.5. The number of thioether (sulfide) groups is 1. The first-order chi connectivity index (χ1) is 41.0. The van der Waals surface area contributed by atoms with Gasteiger partial charge in [0.2, 0.25) is 11.8 Å². The molecule has 7 rings (SSSR count). The van der Waals surface area contributed by atoms with Gasteiger partial charge in [0.15, 0.2) is 17.9 Å². The summed E-state index contributed by atoms with van der Waals surface area (Å²) < 4.78 is 25.5. The molecule has 0 aliphatic carbocycles. The van der Waals surface area contributed by atoms with Crippen molar-refractivity contribution >= 4 is 71.9 Å². The topological polar surface area (TPSA) is 284 Å². The van der Waals surface area contributed by atoms with Crippen molar-refractivity contribution in [2.24, 2.45) is 27.6 Å². The summed E-state index contributed by atoms with van der Waals surface area (Å²) in [4.78, 5) is 51.0. The minimum atomic E-state index is -2.73. The van der Waals surface area contributed by atoms with Crippen LogP contribution in [0.5, 0.6) is 23.3 Å². The fourth-order valence-corrected chi connectivity index (χ4v) is 17.2. The molecular weight excluding hydrogens is 1130 g/mol. The van der Waals surface area contributed by atoms with Gasteiger partial charge in [0.1, 0.15) is 23.3 Å². The number of nitrogens with one attached hydrogen (secondary N) is 3. The Kier molecular flexibility index (Phi) is 23.6. The number of hydrogen-bond donors (Lipinski definition) is 9. The number of rotatable bonds is 19. The van der Waals surface area contributed by atoms with Crippen LogP contribution in [-0.2, 0) is 41.2 Å². The maximum absolute atomic E-state index is 13.4. The van der Waals surface area contributed by atoms with Gasteiger partial charge in [-0.05, 0) is 72.9 Å². The SMILES string of the molecule is CO[C@H]1C=CC=C(C)C(=O)Nc2cc(O)c(N=CCCNC(=O)CCCn3c(O)cc(SC[C@H]4CCN5CC[C@H](CO[Si](c6ccccc6)(c6ccccc6)C(C)(C)C)N=C5N4)c3O)c(c2O)C[C@@H](C)C[C@H](OC)[C@H](O)[C@@H](C)C=C(C)[C@@H]1OC(N)=O. The number of phenolic OH excluding ortho intramolecular Hbond substituents is 2. The Morgan fingerprint density at radius 2 is 1.66 bits per heavy atom. The summed E-state index contributed by atoms with van der Waals surface area (Å²) in [5.74, 6) is -0.886. The number of anilines is 1. The molecule has 466 valence electrons. The number of guanidine groups is 1. The molecule has 0 unspecified atom stereocenters. The Hall–Kier alpha value is -7.08. The number of primary amides is 1. The molecule has 86 heavy (non-hydrogen) atoms. The number of aliphatic imine (C=N–C) groups is 2. The quantitative estimate of drug-likeness (QED) is 0.00820. The number of carbonyl (C=O) groups excluding carboxylic acids is 3. The van der Waals surface area contributed by atoms with E-state index in [0.717, 1.165) is 31.9 Å². The van der Waals surface area contributed by atoms with Gasteiger partial charge in [-0.15, -0.1) is 11.8 Å². The van der Waals surface area contributed by atoms with Crippen LogP contribution in [-0.4, -0.2) is 156 Å². The molecule has 1 saturated heterocycles. The summed E-state index contributed by atoms with van der Waals surface area (Å²) in [5.41, 5.74) is 6.49. The second-order valence-electron chi connectivity index (χ2n) is 23.6. The number of phenols is 2. The monoisotopic (exact) mass is 1220 g/mol. The van der Waals surface area contributed by atoms with Gasteiger partial charge < -0.3 is 70.8 Å². The third-order valence-electron chi connectivity index (χ3n) is 16.2. The molecular formula is C64H88N8O12SSi. The largest absolute Gasteiger partial charge is 0.506 e. The molecule has 0 radical (unpaired) electrons. The minimum Gasteiger partial charge on any atom is -0.506 e. The molecule has 1 fully saturated rings. The number of hydrogen-bond acceptors (Lipinski definition) is 17. The van der Waals surface area contributed by atoms with Crippen LogP contribution in [0.3, 0.4) is 0 Å². The van der Waals surface area contributed by atoms with Crippen LogP contribution in [0.2, 0.25) is 5.04 Å². The van der Waals surface area contributed by atoms with Crippen molar-refractivity contribution in [1.29, 1.82) is 0 Å². The number of aromatic hydroxyl groups is 4. The third kappa shape index (κ3) is 16.7. The fourth-order valence-electron chi connectivity index (χ4n) is 11.5. The molecule has 3 aromatic carbocycles.